The van der Waals surface area contributed by atoms with E-state index >= 15 is 0 Å². The number of carbonyl (C=O) groups is 2. The van der Waals surface area contributed by atoms with Gasteiger partial charge in [-0.2, -0.15) is 4.58 Å². The third-order valence-electron chi connectivity index (χ3n) is 1.66. The molecule has 0 aromatic rings. The van der Waals surface area contributed by atoms with Gasteiger partial charge in [0.05, 0.1) is 0 Å². The van der Waals surface area contributed by atoms with Crippen molar-refractivity contribution in [2.24, 2.45) is 0 Å². The van der Waals surface area contributed by atoms with Crippen molar-refractivity contribution < 1.29 is 14.2 Å². The zero-order chi connectivity index (χ0) is 7.84. The van der Waals surface area contributed by atoms with Gasteiger partial charge in [-0.25, -0.2) is 14.9 Å². The number of rotatable bonds is 0. The smallest absolute Gasteiger partial charge is 0.246 e. The largest absolute Gasteiger partial charge is 0.321 e. The summed E-state index contributed by atoms with van der Waals surface area (Å²) < 4.78 is 1.63. The number of hydrogen-bond donors (Lipinski definition) is 1. The van der Waals surface area contributed by atoms with Crippen molar-refractivity contribution in [1.82, 2.24) is 5.32 Å². The SMILES string of the molecule is O=C1CC(=O)[N+]2=C(N1)SCC2. The Balaban J connectivity index is 2.35. The molecule has 2 aliphatic heterocycles. The van der Waals surface area contributed by atoms with Crippen LogP contribution in [0.5, 0.6) is 0 Å². The summed E-state index contributed by atoms with van der Waals surface area (Å²) in [6, 6.07) is 0. The number of hydrogen-bond acceptors (Lipinski definition) is 3. The normalized spacial score (nSPS) is 23.6. The van der Waals surface area contributed by atoms with E-state index in [1.807, 2.05) is 0 Å². The molecule has 0 radical (unpaired) electrons. The van der Waals surface area contributed by atoms with Crippen LogP contribution in [-0.4, -0.2) is 33.9 Å². The highest BCUT2D eigenvalue weighted by molar-refractivity contribution is 8.13. The Kier molecular flexibility index (Phi) is 1.45. The molecule has 11 heavy (non-hydrogen) atoms. The zero-order valence-electron chi connectivity index (χ0n) is 5.79. The molecule has 0 aromatic heterocycles. The predicted octanol–water partition coefficient (Wildman–Crippen LogP) is -0.852. The first-order valence-corrected chi connectivity index (χ1v) is 4.36. The van der Waals surface area contributed by atoms with Crippen molar-refractivity contribution >= 4 is 28.7 Å². The van der Waals surface area contributed by atoms with Gasteiger partial charge >= 0.3 is 17.0 Å². The highest BCUT2D eigenvalue weighted by Gasteiger charge is 2.35. The highest BCUT2D eigenvalue weighted by Crippen LogP contribution is 2.13. The molecule has 0 saturated heterocycles. The van der Waals surface area contributed by atoms with E-state index in [-0.39, 0.29) is 18.2 Å². The predicted molar refractivity (Wildman–Crippen MR) is 40.4 cm³/mol. The number of nitrogens with one attached hydrogen (secondary N) is 1. The Morgan fingerprint density at radius 3 is 3.09 bits per heavy atom. The van der Waals surface area contributed by atoms with E-state index in [1.54, 1.807) is 4.58 Å². The Labute approximate surface area is 67.7 Å². The van der Waals surface area contributed by atoms with Gasteiger partial charge in [-0.15, -0.1) is 0 Å². The third kappa shape index (κ3) is 1.05. The Bertz CT molecular complexity index is 272. The van der Waals surface area contributed by atoms with Crippen molar-refractivity contribution in [3.63, 3.8) is 0 Å². The van der Waals surface area contributed by atoms with Gasteiger partial charge in [-0.05, 0) is 11.8 Å². The molecule has 0 fully saturated rings. The van der Waals surface area contributed by atoms with Crippen LogP contribution in [0, 0.1) is 0 Å². The van der Waals surface area contributed by atoms with E-state index in [9.17, 15) is 9.59 Å². The molecular weight excluding hydrogens is 164 g/mol. The minimum Gasteiger partial charge on any atom is -0.246 e. The lowest BCUT2D eigenvalue weighted by Gasteiger charge is -2.05. The van der Waals surface area contributed by atoms with E-state index in [0.717, 1.165) is 12.3 Å². The van der Waals surface area contributed by atoms with E-state index in [0.29, 0.717) is 5.17 Å². The molecule has 4 nitrogen and oxygen atoms in total. The first kappa shape index (κ1) is 6.84. The molecule has 2 heterocycles. The molecule has 0 spiro atoms. The maximum absolute atomic E-state index is 11.1. The van der Waals surface area contributed by atoms with Crippen LogP contribution >= 0.6 is 11.8 Å². The lowest BCUT2D eigenvalue weighted by molar-refractivity contribution is -0.441. The van der Waals surface area contributed by atoms with Crippen LogP contribution in [0.15, 0.2) is 0 Å². The van der Waals surface area contributed by atoms with Crippen LogP contribution < -0.4 is 5.32 Å². The number of nitrogens with zero attached hydrogens (tertiary/aromatic N) is 1. The molecular formula is C6H7N2O2S+. The molecule has 58 valence electrons. The van der Waals surface area contributed by atoms with Crippen molar-refractivity contribution in [1.29, 1.82) is 0 Å². The van der Waals surface area contributed by atoms with Crippen LogP contribution in [0.2, 0.25) is 0 Å². The van der Waals surface area contributed by atoms with Crippen LogP contribution in [-0.2, 0) is 9.59 Å². The van der Waals surface area contributed by atoms with E-state index in [4.69, 9.17) is 0 Å². The molecule has 2 amide bonds. The summed E-state index contributed by atoms with van der Waals surface area (Å²) in [5, 5.41) is 3.37. The Morgan fingerprint density at radius 2 is 2.27 bits per heavy atom. The molecule has 2 aliphatic rings. The summed E-state index contributed by atoms with van der Waals surface area (Å²) in [7, 11) is 0. The maximum atomic E-state index is 11.1. The first-order valence-electron chi connectivity index (χ1n) is 3.37. The average molecular weight is 171 g/mol. The summed E-state index contributed by atoms with van der Waals surface area (Å²) in [5.74, 6) is 0.630. The number of carbonyl (C=O) groups excluding carboxylic acids is 2. The zero-order valence-corrected chi connectivity index (χ0v) is 6.61. The van der Waals surface area contributed by atoms with E-state index in [2.05, 4.69) is 5.32 Å². The van der Waals surface area contributed by atoms with Gasteiger partial charge in [0.25, 0.3) is 0 Å². The summed E-state index contributed by atoms with van der Waals surface area (Å²) in [6.07, 6.45) is 0.00403. The number of thioether (sulfide) groups is 1. The second kappa shape index (κ2) is 2.34. The third-order valence-corrected chi connectivity index (χ3v) is 2.64. The Hall–Kier alpha value is -0.840. The van der Waals surface area contributed by atoms with Crippen LogP contribution in [0.1, 0.15) is 6.42 Å². The fourth-order valence-electron chi connectivity index (χ4n) is 1.15. The average Bonchev–Trinajstić information content (AvgIpc) is 2.34. The van der Waals surface area contributed by atoms with Crippen LogP contribution in [0.3, 0.4) is 0 Å². The second-order valence-electron chi connectivity index (χ2n) is 2.42. The second-order valence-corrected chi connectivity index (χ2v) is 3.51. The number of amides is 2. The topological polar surface area (TPSA) is 49.2 Å². The lowest BCUT2D eigenvalue weighted by atomic mass is 10.3. The summed E-state index contributed by atoms with van der Waals surface area (Å²) in [6.45, 7) is 0.735. The van der Waals surface area contributed by atoms with Crippen molar-refractivity contribution in [3.05, 3.63) is 0 Å². The maximum Gasteiger partial charge on any atom is 0.321 e. The van der Waals surface area contributed by atoms with Gasteiger partial charge in [0, 0.05) is 5.75 Å². The van der Waals surface area contributed by atoms with Crippen molar-refractivity contribution in [2.45, 2.75) is 6.42 Å². The summed E-state index contributed by atoms with van der Waals surface area (Å²) >= 11 is 1.52. The minimum atomic E-state index is -0.185. The lowest BCUT2D eigenvalue weighted by Crippen LogP contribution is -2.43. The van der Waals surface area contributed by atoms with Crippen LogP contribution in [0.4, 0.5) is 0 Å². The Morgan fingerprint density at radius 1 is 1.45 bits per heavy atom. The minimum absolute atomic E-state index is 0.00403. The molecule has 0 aromatic carbocycles. The van der Waals surface area contributed by atoms with Crippen molar-refractivity contribution in [3.8, 4) is 0 Å². The molecule has 2 rings (SSSR count). The van der Waals surface area contributed by atoms with Crippen molar-refractivity contribution in [2.75, 3.05) is 12.3 Å². The fraction of sp³-hybridized carbons (Fsp3) is 0.500. The summed E-state index contributed by atoms with van der Waals surface area (Å²) in [5.41, 5.74) is 0. The standard InChI is InChI=1S/C6H6N2O2S/c9-4-3-5(10)8-1-2-11-6(8)7-4/h1-3H2/p+1. The van der Waals surface area contributed by atoms with Gasteiger partial charge < -0.3 is 0 Å². The van der Waals surface area contributed by atoms with Gasteiger partial charge in [-0.1, -0.05) is 0 Å². The molecule has 0 saturated carbocycles. The van der Waals surface area contributed by atoms with Gasteiger partial charge in [0.15, 0.2) is 6.42 Å². The highest BCUT2D eigenvalue weighted by atomic mass is 32.2. The molecule has 1 N–H and O–H groups in total. The number of amidine groups is 1. The van der Waals surface area contributed by atoms with Gasteiger partial charge in [0.1, 0.15) is 6.54 Å². The van der Waals surface area contributed by atoms with Gasteiger partial charge in [-0.3, -0.25) is 0 Å². The molecule has 0 atom stereocenters. The fourth-order valence-corrected chi connectivity index (χ4v) is 2.15. The molecule has 5 heteroatoms. The van der Waals surface area contributed by atoms with Crippen LogP contribution in [0.25, 0.3) is 0 Å². The molecule has 0 aliphatic carbocycles. The monoisotopic (exact) mass is 171 g/mol. The quantitative estimate of drug-likeness (QED) is 0.381. The molecule has 0 unspecified atom stereocenters. The first-order chi connectivity index (χ1) is 5.27. The summed E-state index contributed by atoms with van der Waals surface area (Å²) in [4.78, 5) is 21.9. The van der Waals surface area contributed by atoms with Gasteiger partial charge in [0.2, 0.25) is 0 Å². The van der Waals surface area contributed by atoms with E-state index in [1.165, 1.54) is 11.8 Å². The van der Waals surface area contributed by atoms with E-state index < -0.39 is 0 Å². The molecule has 0 bridgehead atoms.